The van der Waals surface area contributed by atoms with Crippen LogP contribution in [-0.4, -0.2) is 29.7 Å². The van der Waals surface area contributed by atoms with Gasteiger partial charge in [0.05, 0.1) is 6.54 Å². The molecule has 1 aliphatic heterocycles. The minimum absolute atomic E-state index is 0.0964. The molecule has 0 bridgehead atoms. The molecule has 0 spiro atoms. The third kappa shape index (κ3) is 3.27. The van der Waals surface area contributed by atoms with E-state index < -0.39 is 0 Å². The third-order valence-corrected chi connectivity index (χ3v) is 4.03. The van der Waals surface area contributed by atoms with Gasteiger partial charge in [0.25, 0.3) is 5.91 Å². The maximum absolute atomic E-state index is 12.3. The van der Waals surface area contributed by atoms with E-state index in [2.05, 4.69) is 5.32 Å². The van der Waals surface area contributed by atoms with E-state index in [4.69, 9.17) is 4.74 Å². The Morgan fingerprint density at radius 1 is 1.25 bits per heavy atom. The van der Waals surface area contributed by atoms with Gasteiger partial charge in [0.2, 0.25) is 0 Å². The van der Waals surface area contributed by atoms with Gasteiger partial charge in [0.1, 0.15) is 12.3 Å². The van der Waals surface area contributed by atoms with E-state index in [9.17, 15) is 9.59 Å². The van der Waals surface area contributed by atoms with Gasteiger partial charge in [-0.3, -0.25) is 9.69 Å². The Morgan fingerprint density at radius 2 is 2.00 bits per heavy atom. The van der Waals surface area contributed by atoms with Crippen molar-refractivity contribution in [3.05, 3.63) is 53.9 Å². The maximum atomic E-state index is 12.3. The first kappa shape index (κ1) is 16.1. The van der Waals surface area contributed by atoms with Crippen molar-refractivity contribution in [2.24, 2.45) is 0 Å². The second kappa shape index (κ2) is 6.78. The number of carbonyl (C=O) groups is 2. The van der Waals surface area contributed by atoms with Crippen molar-refractivity contribution in [1.82, 2.24) is 9.88 Å². The number of anilines is 1. The quantitative estimate of drug-likeness (QED) is 0.918. The molecule has 1 saturated heterocycles. The first-order valence-corrected chi connectivity index (χ1v) is 8.04. The van der Waals surface area contributed by atoms with Gasteiger partial charge >= 0.3 is 6.09 Å². The van der Waals surface area contributed by atoms with Gasteiger partial charge in [0, 0.05) is 24.5 Å². The number of nitrogens with one attached hydrogen (secondary N) is 1. The Balaban J connectivity index is 1.61. The monoisotopic (exact) mass is 327 g/mol. The van der Waals surface area contributed by atoms with Crippen LogP contribution in [0.15, 0.2) is 42.6 Å². The largest absolute Gasteiger partial charge is 0.447 e. The molecule has 1 fully saturated rings. The number of amides is 2. The zero-order chi connectivity index (χ0) is 17.1. The number of benzene rings is 1. The Kier molecular flexibility index (Phi) is 4.55. The van der Waals surface area contributed by atoms with Gasteiger partial charge < -0.3 is 14.6 Å². The first-order valence-electron chi connectivity index (χ1n) is 8.04. The lowest BCUT2D eigenvalue weighted by Gasteiger charge is -2.14. The van der Waals surface area contributed by atoms with Crippen molar-refractivity contribution in [1.29, 1.82) is 0 Å². The molecule has 1 aromatic heterocycles. The van der Waals surface area contributed by atoms with Crippen LogP contribution in [0.2, 0.25) is 0 Å². The number of cyclic esters (lactones) is 1. The summed E-state index contributed by atoms with van der Waals surface area (Å²) < 4.78 is 6.87. The third-order valence-electron chi connectivity index (χ3n) is 4.03. The highest BCUT2D eigenvalue weighted by Crippen LogP contribution is 2.19. The lowest BCUT2D eigenvalue weighted by molar-refractivity contribution is 0.0940. The highest BCUT2D eigenvalue weighted by atomic mass is 16.6. The fourth-order valence-corrected chi connectivity index (χ4v) is 2.73. The number of nitrogens with zero attached hydrogens (tertiary/aromatic N) is 2. The topological polar surface area (TPSA) is 63.6 Å². The minimum atomic E-state index is -0.314. The van der Waals surface area contributed by atoms with Crippen LogP contribution in [0.3, 0.4) is 0 Å². The summed E-state index contributed by atoms with van der Waals surface area (Å²) in [5, 5.41) is 2.93. The fourth-order valence-electron chi connectivity index (χ4n) is 2.73. The summed E-state index contributed by atoms with van der Waals surface area (Å²) in [4.78, 5) is 25.5. The van der Waals surface area contributed by atoms with Gasteiger partial charge in [0.15, 0.2) is 0 Å². The number of carbonyl (C=O) groups excluding carboxylic acids is 2. The highest BCUT2D eigenvalue weighted by molar-refractivity contribution is 5.92. The molecule has 0 atom stereocenters. The summed E-state index contributed by atoms with van der Waals surface area (Å²) in [6.07, 6.45) is 1.59. The number of ether oxygens (including phenoxy) is 1. The molecular formula is C18H21N3O3. The zero-order valence-electron chi connectivity index (χ0n) is 13.9. The number of hydrogen-bond acceptors (Lipinski definition) is 3. The highest BCUT2D eigenvalue weighted by Gasteiger charge is 2.23. The summed E-state index contributed by atoms with van der Waals surface area (Å²) in [6, 6.07) is 11.5. The molecule has 1 aromatic carbocycles. The summed E-state index contributed by atoms with van der Waals surface area (Å²) in [5.74, 6) is -0.0964. The zero-order valence-corrected chi connectivity index (χ0v) is 13.9. The van der Waals surface area contributed by atoms with E-state index in [0.717, 1.165) is 11.3 Å². The molecule has 0 radical (unpaired) electrons. The first-order chi connectivity index (χ1) is 11.6. The number of aromatic nitrogens is 1. The van der Waals surface area contributed by atoms with Crippen LogP contribution in [-0.2, 0) is 11.3 Å². The summed E-state index contributed by atoms with van der Waals surface area (Å²) in [6.45, 7) is 5.51. The molecule has 0 unspecified atom stereocenters. The average molecular weight is 327 g/mol. The van der Waals surface area contributed by atoms with Gasteiger partial charge in [-0.05, 0) is 43.7 Å². The van der Waals surface area contributed by atoms with E-state index in [1.807, 2.05) is 61.0 Å². The Labute approximate surface area is 141 Å². The van der Waals surface area contributed by atoms with Crippen LogP contribution in [0.4, 0.5) is 10.5 Å². The molecule has 2 aromatic rings. The van der Waals surface area contributed by atoms with Crippen LogP contribution < -0.4 is 10.2 Å². The van der Waals surface area contributed by atoms with Crippen molar-refractivity contribution in [2.75, 3.05) is 18.1 Å². The lowest BCUT2D eigenvalue weighted by atomic mass is 10.2. The van der Waals surface area contributed by atoms with Crippen molar-refractivity contribution in [3.63, 3.8) is 0 Å². The van der Waals surface area contributed by atoms with Gasteiger partial charge in [-0.15, -0.1) is 0 Å². The fraction of sp³-hybridized carbons (Fsp3) is 0.333. The number of hydrogen-bond donors (Lipinski definition) is 1. The second-order valence-corrected chi connectivity index (χ2v) is 6.01. The van der Waals surface area contributed by atoms with Crippen molar-refractivity contribution < 1.29 is 14.3 Å². The van der Waals surface area contributed by atoms with Crippen molar-refractivity contribution >= 4 is 17.7 Å². The minimum Gasteiger partial charge on any atom is -0.447 e. The Morgan fingerprint density at radius 3 is 2.62 bits per heavy atom. The van der Waals surface area contributed by atoms with E-state index in [1.165, 1.54) is 0 Å². The molecule has 126 valence electrons. The van der Waals surface area contributed by atoms with Gasteiger partial charge in [-0.25, -0.2) is 4.79 Å². The molecule has 2 amide bonds. The number of rotatable bonds is 5. The molecule has 6 nitrogen and oxygen atoms in total. The molecule has 1 N–H and O–H groups in total. The lowest BCUT2D eigenvalue weighted by Crippen LogP contribution is -2.26. The predicted molar refractivity (Wildman–Crippen MR) is 91.1 cm³/mol. The van der Waals surface area contributed by atoms with E-state index in [1.54, 1.807) is 4.90 Å². The normalized spacial score (nSPS) is 14.1. The standard InChI is InChI=1S/C18H21N3O3/c1-13(2)20-9-3-4-16(20)17(22)19-12-14-5-7-15(8-6-14)21-10-11-24-18(21)23/h3-9,13H,10-12H2,1-2H3,(H,19,22). The van der Waals surface area contributed by atoms with Crippen LogP contribution in [0.25, 0.3) is 0 Å². The second-order valence-electron chi connectivity index (χ2n) is 6.01. The molecule has 0 aliphatic carbocycles. The Hall–Kier alpha value is -2.76. The smallest absolute Gasteiger partial charge is 0.414 e. The summed E-state index contributed by atoms with van der Waals surface area (Å²) in [7, 11) is 0. The summed E-state index contributed by atoms with van der Waals surface area (Å²) in [5.41, 5.74) is 2.44. The van der Waals surface area contributed by atoms with Crippen LogP contribution >= 0.6 is 0 Å². The van der Waals surface area contributed by atoms with Crippen LogP contribution in [0.5, 0.6) is 0 Å². The molecule has 24 heavy (non-hydrogen) atoms. The van der Waals surface area contributed by atoms with E-state index >= 15 is 0 Å². The van der Waals surface area contributed by atoms with Crippen LogP contribution in [0.1, 0.15) is 35.9 Å². The molecular weight excluding hydrogens is 306 g/mol. The SMILES string of the molecule is CC(C)n1cccc1C(=O)NCc1ccc(N2CCOC2=O)cc1. The predicted octanol–water partition coefficient (Wildman–Crippen LogP) is 2.96. The average Bonchev–Trinajstić information content (AvgIpc) is 3.22. The summed E-state index contributed by atoms with van der Waals surface area (Å²) >= 11 is 0. The van der Waals surface area contributed by atoms with E-state index in [-0.39, 0.29) is 18.0 Å². The van der Waals surface area contributed by atoms with Gasteiger partial charge in [-0.1, -0.05) is 12.1 Å². The van der Waals surface area contributed by atoms with Crippen LogP contribution in [0, 0.1) is 0 Å². The van der Waals surface area contributed by atoms with Gasteiger partial charge in [-0.2, -0.15) is 0 Å². The molecule has 2 heterocycles. The molecule has 6 heteroatoms. The van der Waals surface area contributed by atoms with E-state index in [0.29, 0.717) is 25.4 Å². The maximum Gasteiger partial charge on any atom is 0.414 e. The molecule has 3 rings (SSSR count). The molecule has 0 saturated carbocycles. The Bertz CT molecular complexity index is 734. The van der Waals surface area contributed by atoms with Crippen molar-refractivity contribution in [3.8, 4) is 0 Å². The molecule has 1 aliphatic rings. The van der Waals surface area contributed by atoms with Crippen molar-refractivity contribution in [2.45, 2.75) is 26.4 Å².